The van der Waals surface area contributed by atoms with E-state index in [-0.39, 0.29) is 16.9 Å². The third-order valence-electron chi connectivity index (χ3n) is 3.49. The molecule has 0 saturated heterocycles. The second kappa shape index (κ2) is 7.70. The third-order valence-corrected chi connectivity index (χ3v) is 3.70. The van der Waals surface area contributed by atoms with Crippen LogP contribution in [-0.4, -0.2) is 24.0 Å². The molecule has 2 aromatic carbocycles. The number of nitrogens with zero attached hydrogens (tertiary/aromatic N) is 1. The summed E-state index contributed by atoms with van der Waals surface area (Å²) >= 11 is 5.16. The predicted octanol–water partition coefficient (Wildman–Crippen LogP) is 3.10. The van der Waals surface area contributed by atoms with Crippen LogP contribution < -0.4 is 15.5 Å². The molecule has 2 aromatic rings. The van der Waals surface area contributed by atoms with Gasteiger partial charge in [0.25, 0.3) is 5.91 Å². The highest BCUT2D eigenvalue weighted by atomic mass is 32.1. The first kappa shape index (κ1) is 17.6. The van der Waals surface area contributed by atoms with Crippen molar-refractivity contribution in [2.45, 2.75) is 13.8 Å². The molecule has 0 heterocycles. The molecule has 0 radical (unpaired) electrons. The molecule has 6 heteroatoms. The summed E-state index contributed by atoms with van der Waals surface area (Å²) in [5.41, 5.74) is 3.07. The Bertz CT molecular complexity index is 772. The van der Waals surface area contributed by atoms with Gasteiger partial charge in [-0.25, -0.2) is 0 Å². The Morgan fingerprint density at radius 2 is 1.75 bits per heavy atom. The van der Waals surface area contributed by atoms with Crippen LogP contribution in [0.25, 0.3) is 0 Å². The number of aryl methyl sites for hydroxylation is 1. The summed E-state index contributed by atoms with van der Waals surface area (Å²) in [4.78, 5) is 25.0. The van der Waals surface area contributed by atoms with E-state index in [4.69, 9.17) is 12.2 Å². The van der Waals surface area contributed by atoms with Gasteiger partial charge in [-0.05, 0) is 55.5 Å². The van der Waals surface area contributed by atoms with Gasteiger partial charge in [-0.1, -0.05) is 17.7 Å². The number of rotatable bonds is 3. The number of benzene rings is 2. The Morgan fingerprint density at radius 3 is 2.33 bits per heavy atom. The van der Waals surface area contributed by atoms with Crippen LogP contribution in [0.2, 0.25) is 0 Å². The third kappa shape index (κ3) is 4.63. The standard InChI is InChI=1S/C18H19N3O2S/c1-12-5-4-6-14(11-12)17(23)20-18(24)19-15-7-9-16(10-8-15)21(3)13(2)22/h4-11H,1-3H3,(H2,19,20,23,24). The number of carbonyl (C=O) groups excluding carboxylic acids is 2. The van der Waals surface area contributed by atoms with E-state index >= 15 is 0 Å². The number of hydrogen-bond donors (Lipinski definition) is 2. The lowest BCUT2D eigenvalue weighted by Crippen LogP contribution is -2.34. The Kier molecular flexibility index (Phi) is 5.65. The van der Waals surface area contributed by atoms with Gasteiger partial charge in [0.05, 0.1) is 0 Å². The van der Waals surface area contributed by atoms with Crippen molar-refractivity contribution >= 4 is 40.5 Å². The normalized spacial score (nSPS) is 9.96. The summed E-state index contributed by atoms with van der Waals surface area (Å²) in [7, 11) is 1.71. The number of thiocarbonyl (C=S) groups is 1. The maximum atomic E-state index is 12.1. The van der Waals surface area contributed by atoms with Gasteiger partial charge in [-0.3, -0.25) is 14.9 Å². The highest BCUT2D eigenvalue weighted by Crippen LogP contribution is 2.17. The second-order valence-electron chi connectivity index (χ2n) is 5.40. The molecule has 0 unspecified atom stereocenters. The average Bonchev–Trinajstić information content (AvgIpc) is 2.54. The van der Waals surface area contributed by atoms with Gasteiger partial charge in [-0.15, -0.1) is 0 Å². The average molecular weight is 341 g/mol. The number of amides is 2. The molecule has 24 heavy (non-hydrogen) atoms. The van der Waals surface area contributed by atoms with Crippen LogP contribution in [0.3, 0.4) is 0 Å². The van der Waals surface area contributed by atoms with E-state index in [9.17, 15) is 9.59 Å². The Hall–Kier alpha value is -2.73. The lowest BCUT2D eigenvalue weighted by molar-refractivity contribution is -0.116. The van der Waals surface area contributed by atoms with Gasteiger partial charge in [0.1, 0.15) is 0 Å². The van der Waals surface area contributed by atoms with Crippen LogP contribution >= 0.6 is 12.2 Å². The number of nitrogens with one attached hydrogen (secondary N) is 2. The molecule has 124 valence electrons. The highest BCUT2D eigenvalue weighted by Gasteiger charge is 2.09. The number of carbonyl (C=O) groups is 2. The lowest BCUT2D eigenvalue weighted by atomic mass is 10.1. The van der Waals surface area contributed by atoms with Crippen LogP contribution in [0.1, 0.15) is 22.8 Å². The van der Waals surface area contributed by atoms with Crippen LogP contribution in [0, 0.1) is 6.92 Å². The van der Waals surface area contributed by atoms with E-state index < -0.39 is 0 Å². The predicted molar refractivity (Wildman–Crippen MR) is 100 cm³/mol. The lowest BCUT2D eigenvalue weighted by Gasteiger charge is -2.16. The first-order chi connectivity index (χ1) is 11.4. The summed E-state index contributed by atoms with van der Waals surface area (Å²) < 4.78 is 0. The molecule has 5 nitrogen and oxygen atoms in total. The van der Waals surface area contributed by atoms with E-state index in [1.54, 1.807) is 48.3 Å². The molecule has 2 N–H and O–H groups in total. The summed E-state index contributed by atoms with van der Waals surface area (Å²) in [6.07, 6.45) is 0. The fourth-order valence-corrected chi connectivity index (χ4v) is 2.28. The Morgan fingerprint density at radius 1 is 1.08 bits per heavy atom. The first-order valence-corrected chi connectivity index (χ1v) is 7.81. The topological polar surface area (TPSA) is 61.4 Å². The van der Waals surface area contributed by atoms with Crippen molar-refractivity contribution in [1.29, 1.82) is 0 Å². The molecule has 0 atom stereocenters. The van der Waals surface area contributed by atoms with Crippen molar-refractivity contribution in [2.24, 2.45) is 0 Å². The molecular formula is C18H19N3O2S. The van der Waals surface area contributed by atoms with Crippen molar-refractivity contribution in [3.63, 3.8) is 0 Å². The van der Waals surface area contributed by atoms with Gasteiger partial charge in [-0.2, -0.15) is 0 Å². The molecule has 0 bridgehead atoms. The number of anilines is 2. The minimum absolute atomic E-state index is 0.0448. The molecule has 0 aliphatic rings. The van der Waals surface area contributed by atoms with Gasteiger partial charge < -0.3 is 10.2 Å². The molecule has 2 rings (SSSR count). The van der Waals surface area contributed by atoms with Gasteiger partial charge in [0, 0.05) is 30.9 Å². The van der Waals surface area contributed by atoms with E-state index in [1.165, 1.54) is 6.92 Å². The Balaban J connectivity index is 1.97. The largest absolute Gasteiger partial charge is 0.332 e. The van der Waals surface area contributed by atoms with Crippen LogP contribution in [0.15, 0.2) is 48.5 Å². The first-order valence-electron chi connectivity index (χ1n) is 7.40. The maximum absolute atomic E-state index is 12.1. The molecule has 0 aliphatic carbocycles. The quantitative estimate of drug-likeness (QED) is 0.842. The summed E-state index contributed by atoms with van der Waals surface area (Å²) in [6.45, 7) is 3.43. The zero-order valence-corrected chi connectivity index (χ0v) is 14.6. The van der Waals surface area contributed by atoms with E-state index in [0.717, 1.165) is 16.9 Å². The van der Waals surface area contributed by atoms with Gasteiger partial charge in [0.2, 0.25) is 5.91 Å². The van der Waals surface area contributed by atoms with Crippen LogP contribution in [0.4, 0.5) is 11.4 Å². The molecule has 0 spiro atoms. The van der Waals surface area contributed by atoms with Crippen molar-refractivity contribution in [1.82, 2.24) is 5.32 Å². The summed E-state index contributed by atoms with van der Waals surface area (Å²) in [6, 6.07) is 14.5. The Labute approximate surface area is 146 Å². The molecular weight excluding hydrogens is 322 g/mol. The van der Waals surface area contributed by atoms with Crippen LogP contribution in [0.5, 0.6) is 0 Å². The van der Waals surface area contributed by atoms with Gasteiger partial charge >= 0.3 is 0 Å². The fourth-order valence-electron chi connectivity index (χ4n) is 2.07. The van der Waals surface area contributed by atoms with E-state index in [1.807, 2.05) is 19.1 Å². The maximum Gasteiger partial charge on any atom is 0.257 e. The van der Waals surface area contributed by atoms with Crippen molar-refractivity contribution in [3.05, 3.63) is 59.7 Å². The highest BCUT2D eigenvalue weighted by molar-refractivity contribution is 7.80. The SMILES string of the molecule is CC(=O)N(C)c1ccc(NC(=S)NC(=O)c2cccc(C)c2)cc1. The van der Waals surface area contributed by atoms with E-state index in [0.29, 0.717) is 5.56 Å². The minimum atomic E-state index is -0.260. The molecule has 2 amide bonds. The molecule has 0 aromatic heterocycles. The summed E-state index contributed by atoms with van der Waals surface area (Å²) in [5, 5.41) is 5.81. The molecule has 0 aliphatic heterocycles. The fraction of sp³-hybridized carbons (Fsp3) is 0.167. The van der Waals surface area contributed by atoms with Crippen LogP contribution in [-0.2, 0) is 4.79 Å². The molecule has 0 fully saturated rings. The monoisotopic (exact) mass is 341 g/mol. The summed E-state index contributed by atoms with van der Waals surface area (Å²) in [5.74, 6) is -0.305. The number of hydrogen-bond acceptors (Lipinski definition) is 3. The zero-order valence-electron chi connectivity index (χ0n) is 13.8. The van der Waals surface area contributed by atoms with Gasteiger partial charge in [0.15, 0.2) is 5.11 Å². The van der Waals surface area contributed by atoms with E-state index in [2.05, 4.69) is 10.6 Å². The minimum Gasteiger partial charge on any atom is -0.332 e. The molecule has 0 saturated carbocycles. The van der Waals surface area contributed by atoms with Crippen molar-refractivity contribution < 1.29 is 9.59 Å². The van der Waals surface area contributed by atoms with Crippen molar-refractivity contribution in [3.8, 4) is 0 Å². The zero-order chi connectivity index (χ0) is 17.7. The smallest absolute Gasteiger partial charge is 0.257 e. The van der Waals surface area contributed by atoms with Crippen molar-refractivity contribution in [2.75, 3.05) is 17.3 Å². The second-order valence-corrected chi connectivity index (χ2v) is 5.81.